The highest BCUT2D eigenvalue weighted by molar-refractivity contribution is 7.92. The van der Waals surface area contributed by atoms with Crippen molar-refractivity contribution in [2.75, 3.05) is 10.6 Å². The number of aryl methyl sites for hydroxylation is 2. The number of anilines is 1. The third-order valence-corrected chi connectivity index (χ3v) is 6.53. The standard InChI is InChI=1S/C22H29ClN2O3S/c1-6-20(17-11-8-15(3)9-12-17)24-22(26)21(7-2)25(29(5,27)28)18-13-10-16(4)19(23)14-18/h8-14,20-21H,6-7H2,1-5H3,(H,24,26)/t20-,21+/m0/s1. The number of benzene rings is 2. The molecule has 1 amide bonds. The quantitative estimate of drug-likeness (QED) is 0.648. The van der Waals surface area contributed by atoms with Gasteiger partial charge < -0.3 is 5.32 Å². The number of carbonyl (C=O) groups is 1. The van der Waals surface area contributed by atoms with E-state index in [1.54, 1.807) is 25.1 Å². The number of rotatable bonds is 8. The van der Waals surface area contributed by atoms with Crippen molar-refractivity contribution < 1.29 is 13.2 Å². The molecule has 29 heavy (non-hydrogen) atoms. The van der Waals surface area contributed by atoms with E-state index in [1.165, 1.54) is 0 Å². The normalized spacial score (nSPS) is 13.6. The van der Waals surface area contributed by atoms with Crippen LogP contribution in [0.1, 0.15) is 49.4 Å². The third-order valence-electron chi connectivity index (χ3n) is 4.94. The molecular weight excluding hydrogens is 408 g/mol. The lowest BCUT2D eigenvalue weighted by Gasteiger charge is -2.31. The Kier molecular flexibility index (Phi) is 7.72. The van der Waals surface area contributed by atoms with E-state index < -0.39 is 16.1 Å². The number of nitrogens with zero attached hydrogens (tertiary/aromatic N) is 1. The monoisotopic (exact) mass is 436 g/mol. The molecule has 0 unspecified atom stereocenters. The van der Waals surface area contributed by atoms with Crippen LogP contribution < -0.4 is 9.62 Å². The Morgan fingerprint density at radius 1 is 1.07 bits per heavy atom. The first-order valence-electron chi connectivity index (χ1n) is 9.71. The van der Waals surface area contributed by atoms with Gasteiger partial charge in [0.1, 0.15) is 6.04 Å². The van der Waals surface area contributed by atoms with Crippen molar-refractivity contribution in [1.82, 2.24) is 5.32 Å². The molecule has 0 spiro atoms. The van der Waals surface area contributed by atoms with Gasteiger partial charge >= 0.3 is 0 Å². The minimum absolute atomic E-state index is 0.194. The summed E-state index contributed by atoms with van der Waals surface area (Å²) in [5.41, 5.74) is 3.35. The molecule has 2 rings (SSSR count). The Balaban J connectivity index is 2.36. The number of sulfonamides is 1. The fourth-order valence-electron chi connectivity index (χ4n) is 3.27. The highest BCUT2D eigenvalue weighted by Crippen LogP contribution is 2.28. The van der Waals surface area contributed by atoms with Gasteiger partial charge in [0.15, 0.2) is 0 Å². The molecule has 2 atom stereocenters. The van der Waals surface area contributed by atoms with Crippen molar-refractivity contribution in [3.63, 3.8) is 0 Å². The summed E-state index contributed by atoms with van der Waals surface area (Å²) in [4.78, 5) is 13.1. The van der Waals surface area contributed by atoms with E-state index in [1.807, 2.05) is 45.0 Å². The van der Waals surface area contributed by atoms with E-state index >= 15 is 0 Å². The second-order valence-corrected chi connectivity index (χ2v) is 9.56. The maximum absolute atomic E-state index is 13.1. The lowest BCUT2D eigenvalue weighted by atomic mass is 10.0. The smallest absolute Gasteiger partial charge is 0.244 e. The van der Waals surface area contributed by atoms with E-state index in [0.717, 1.165) is 27.3 Å². The summed E-state index contributed by atoms with van der Waals surface area (Å²) in [6.45, 7) is 7.63. The zero-order valence-electron chi connectivity index (χ0n) is 17.6. The predicted molar refractivity (Wildman–Crippen MR) is 120 cm³/mol. The molecule has 0 aliphatic rings. The van der Waals surface area contributed by atoms with Crippen molar-refractivity contribution >= 4 is 33.2 Å². The summed E-state index contributed by atoms with van der Waals surface area (Å²) in [6, 6.07) is 11.9. The molecule has 158 valence electrons. The van der Waals surface area contributed by atoms with Gasteiger partial charge in [-0.15, -0.1) is 0 Å². The van der Waals surface area contributed by atoms with E-state index in [9.17, 15) is 13.2 Å². The molecule has 0 aliphatic carbocycles. The van der Waals surface area contributed by atoms with Crippen molar-refractivity contribution in [2.24, 2.45) is 0 Å². The summed E-state index contributed by atoms with van der Waals surface area (Å²) in [5.74, 6) is -0.331. The SMILES string of the molecule is CC[C@H](NC(=O)[C@@H](CC)N(c1ccc(C)c(Cl)c1)S(C)(=O)=O)c1ccc(C)cc1. The minimum atomic E-state index is -3.70. The number of hydrogen-bond donors (Lipinski definition) is 1. The van der Waals surface area contributed by atoms with Gasteiger partial charge in [-0.25, -0.2) is 8.42 Å². The molecule has 0 saturated carbocycles. The van der Waals surface area contributed by atoms with Gasteiger partial charge in [0, 0.05) is 5.02 Å². The van der Waals surface area contributed by atoms with Crippen LogP contribution in [0.5, 0.6) is 0 Å². The summed E-state index contributed by atoms with van der Waals surface area (Å²) in [5, 5.41) is 3.48. The average Bonchev–Trinajstić information content (AvgIpc) is 2.66. The van der Waals surface area contributed by atoms with Gasteiger partial charge in [-0.05, 0) is 49.9 Å². The van der Waals surface area contributed by atoms with Crippen LogP contribution in [0.3, 0.4) is 0 Å². The first-order chi connectivity index (χ1) is 13.6. The number of halogens is 1. The zero-order valence-corrected chi connectivity index (χ0v) is 19.1. The van der Waals surface area contributed by atoms with Crippen LogP contribution in [0.2, 0.25) is 5.02 Å². The fourth-order valence-corrected chi connectivity index (χ4v) is 4.65. The molecule has 0 fully saturated rings. The Morgan fingerprint density at radius 3 is 2.17 bits per heavy atom. The molecule has 0 saturated heterocycles. The number of nitrogens with one attached hydrogen (secondary N) is 1. The molecule has 1 N–H and O–H groups in total. The average molecular weight is 437 g/mol. The van der Waals surface area contributed by atoms with Gasteiger partial charge in [-0.3, -0.25) is 9.10 Å². The molecular formula is C22H29ClN2O3S. The van der Waals surface area contributed by atoms with E-state index in [-0.39, 0.29) is 11.9 Å². The molecule has 2 aromatic rings. The lowest BCUT2D eigenvalue weighted by Crippen LogP contribution is -2.50. The summed E-state index contributed by atoms with van der Waals surface area (Å²) >= 11 is 6.21. The Bertz CT molecular complexity index is 959. The molecule has 0 heterocycles. The fraction of sp³-hybridized carbons (Fsp3) is 0.409. The van der Waals surface area contributed by atoms with E-state index in [0.29, 0.717) is 23.6 Å². The zero-order chi connectivity index (χ0) is 21.8. The molecule has 0 aromatic heterocycles. The van der Waals surface area contributed by atoms with Crippen LogP contribution in [0.25, 0.3) is 0 Å². The highest BCUT2D eigenvalue weighted by atomic mass is 35.5. The van der Waals surface area contributed by atoms with Crippen LogP contribution in [0.4, 0.5) is 5.69 Å². The van der Waals surface area contributed by atoms with Gasteiger partial charge in [0.25, 0.3) is 0 Å². The number of carbonyl (C=O) groups excluding carboxylic acids is 1. The maximum Gasteiger partial charge on any atom is 0.244 e. The first kappa shape index (κ1) is 23.2. The topological polar surface area (TPSA) is 66.5 Å². The van der Waals surface area contributed by atoms with Crippen LogP contribution in [0.15, 0.2) is 42.5 Å². The summed E-state index contributed by atoms with van der Waals surface area (Å²) in [6.07, 6.45) is 2.13. The van der Waals surface area contributed by atoms with Crippen LogP contribution in [0, 0.1) is 13.8 Å². The first-order valence-corrected chi connectivity index (χ1v) is 11.9. The molecule has 0 aliphatic heterocycles. The molecule has 0 radical (unpaired) electrons. The van der Waals surface area contributed by atoms with Crippen LogP contribution in [-0.4, -0.2) is 26.6 Å². The second kappa shape index (κ2) is 9.63. The highest BCUT2D eigenvalue weighted by Gasteiger charge is 2.32. The largest absolute Gasteiger partial charge is 0.347 e. The Labute approximate surface area is 179 Å². The maximum atomic E-state index is 13.1. The Morgan fingerprint density at radius 2 is 1.69 bits per heavy atom. The van der Waals surface area contributed by atoms with Gasteiger partial charge in [0.2, 0.25) is 15.9 Å². The van der Waals surface area contributed by atoms with Gasteiger partial charge in [-0.2, -0.15) is 0 Å². The van der Waals surface area contributed by atoms with Crippen molar-refractivity contribution in [1.29, 1.82) is 0 Å². The molecule has 2 aromatic carbocycles. The molecule has 7 heteroatoms. The lowest BCUT2D eigenvalue weighted by molar-refractivity contribution is -0.123. The van der Waals surface area contributed by atoms with Gasteiger partial charge in [-0.1, -0.05) is 61.3 Å². The summed E-state index contributed by atoms with van der Waals surface area (Å²) in [7, 11) is -3.70. The third kappa shape index (κ3) is 5.73. The van der Waals surface area contributed by atoms with Crippen molar-refractivity contribution in [3.8, 4) is 0 Å². The Hall–Kier alpha value is -2.05. The molecule has 5 nitrogen and oxygen atoms in total. The number of amides is 1. The van der Waals surface area contributed by atoms with E-state index in [4.69, 9.17) is 11.6 Å². The minimum Gasteiger partial charge on any atom is -0.347 e. The number of hydrogen-bond acceptors (Lipinski definition) is 3. The molecule has 0 bridgehead atoms. The summed E-state index contributed by atoms with van der Waals surface area (Å²) < 4.78 is 26.4. The van der Waals surface area contributed by atoms with E-state index in [2.05, 4.69) is 5.32 Å². The second-order valence-electron chi connectivity index (χ2n) is 7.30. The van der Waals surface area contributed by atoms with Crippen molar-refractivity contribution in [3.05, 3.63) is 64.2 Å². The van der Waals surface area contributed by atoms with Crippen LogP contribution in [-0.2, 0) is 14.8 Å². The van der Waals surface area contributed by atoms with Crippen molar-refractivity contribution in [2.45, 2.75) is 52.6 Å². The predicted octanol–water partition coefficient (Wildman–Crippen LogP) is 4.77. The van der Waals surface area contributed by atoms with Crippen LogP contribution >= 0.6 is 11.6 Å². The van der Waals surface area contributed by atoms with Gasteiger partial charge in [0.05, 0.1) is 18.0 Å².